The Balaban J connectivity index is 1.56. The second-order valence-electron chi connectivity index (χ2n) is 9.58. The molecule has 4 rings (SSSR count). The molecule has 0 bridgehead atoms. The Hall–Kier alpha value is -5.25. The smallest absolute Gasteiger partial charge is 0.481 e. The number of carboxylic acids is 1. The van der Waals surface area contributed by atoms with E-state index in [1.54, 1.807) is 24.3 Å². The van der Waals surface area contributed by atoms with Crippen molar-refractivity contribution in [2.45, 2.75) is 25.1 Å². The van der Waals surface area contributed by atoms with Crippen LogP contribution in [-0.4, -0.2) is 41.5 Å². The summed E-state index contributed by atoms with van der Waals surface area (Å²) in [7, 11) is 0. The molecule has 0 fully saturated rings. The average molecular weight is 590 g/mol. The quantitative estimate of drug-likeness (QED) is 0.178. The van der Waals surface area contributed by atoms with Crippen molar-refractivity contribution < 1.29 is 42.2 Å². The number of amides is 1. The highest BCUT2D eigenvalue weighted by Gasteiger charge is 2.31. The van der Waals surface area contributed by atoms with Crippen LogP contribution in [0.25, 0.3) is 11.1 Å². The number of aliphatic carboxylic acids is 1. The number of ketones is 2. The number of hydrogen-bond acceptors (Lipinski definition) is 5. The molecule has 10 heteroatoms. The molecule has 0 aliphatic rings. The molecule has 2 N–H and O–H groups in total. The average Bonchev–Trinajstić information content (AvgIpc) is 2.99. The van der Waals surface area contributed by atoms with Crippen molar-refractivity contribution >= 4 is 23.4 Å². The molecule has 0 saturated carbocycles. The second-order valence-corrected chi connectivity index (χ2v) is 9.58. The predicted octanol–water partition coefficient (Wildman–Crippen LogP) is 6.70. The number of carbonyl (C=O) groups excluding carboxylic acids is 3. The molecule has 43 heavy (non-hydrogen) atoms. The number of Topliss-reactive ketones (excluding diaryl/α,β-unsaturated/α-hetero) is 2. The van der Waals surface area contributed by atoms with E-state index in [1.165, 1.54) is 36.4 Å². The second kappa shape index (κ2) is 13.6. The third kappa shape index (κ3) is 8.62. The van der Waals surface area contributed by atoms with Gasteiger partial charge in [-0.25, -0.2) is 0 Å². The first kappa shape index (κ1) is 30.7. The van der Waals surface area contributed by atoms with Crippen molar-refractivity contribution in [2.75, 3.05) is 6.54 Å². The van der Waals surface area contributed by atoms with Crippen LogP contribution in [-0.2, 0) is 4.79 Å². The van der Waals surface area contributed by atoms with E-state index >= 15 is 0 Å². The van der Waals surface area contributed by atoms with Crippen molar-refractivity contribution in [3.05, 3.63) is 125 Å². The lowest BCUT2D eigenvalue weighted by Crippen LogP contribution is -2.26. The van der Waals surface area contributed by atoms with Gasteiger partial charge >= 0.3 is 12.3 Å². The van der Waals surface area contributed by atoms with Gasteiger partial charge < -0.3 is 15.2 Å². The molecule has 220 valence electrons. The first-order valence-electron chi connectivity index (χ1n) is 13.2. The molecule has 1 amide bonds. The van der Waals surface area contributed by atoms with Crippen molar-refractivity contribution in [2.24, 2.45) is 0 Å². The third-order valence-corrected chi connectivity index (χ3v) is 6.59. The van der Waals surface area contributed by atoms with Crippen LogP contribution in [0.4, 0.5) is 13.2 Å². The molecule has 0 saturated heterocycles. The summed E-state index contributed by atoms with van der Waals surface area (Å²) in [5, 5.41) is 11.2. The number of ether oxygens (including phenoxy) is 1. The molecule has 0 aliphatic heterocycles. The summed E-state index contributed by atoms with van der Waals surface area (Å²) in [6, 6.07) is 26.8. The standard InChI is InChI=1S/C33H26F3NO6/c34-33(35,36)43-27-16-14-23(15-17-27)28(20-29(38)24-8-6-22(7-9-24)21-4-2-1-3-5-21)31(41)25-10-12-26(13-11-25)32(42)37-19-18-30(39)40/h1-17,28H,18-20H2,(H,37,42)(H,39,40). The third-order valence-electron chi connectivity index (χ3n) is 6.59. The molecule has 4 aromatic rings. The van der Waals surface area contributed by atoms with Crippen LogP contribution in [0, 0.1) is 0 Å². The van der Waals surface area contributed by atoms with Gasteiger partial charge in [0.1, 0.15) is 5.75 Å². The number of halogens is 3. The Morgan fingerprint density at radius 2 is 1.28 bits per heavy atom. The van der Waals surface area contributed by atoms with Gasteiger partial charge in [0.15, 0.2) is 11.6 Å². The Labute approximate surface area is 244 Å². The maximum Gasteiger partial charge on any atom is 0.573 e. The summed E-state index contributed by atoms with van der Waals surface area (Å²) < 4.78 is 41.9. The van der Waals surface area contributed by atoms with Crippen LogP contribution in [0.15, 0.2) is 103 Å². The summed E-state index contributed by atoms with van der Waals surface area (Å²) in [5.74, 6) is -3.92. The Morgan fingerprint density at radius 1 is 0.721 bits per heavy atom. The summed E-state index contributed by atoms with van der Waals surface area (Å²) in [5.41, 5.74) is 2.91. The maximum absolute atomic E-state index is 13.7. The first-order chi connectivity index (χ1) is 20.5. The number of carbonyl (C=O) groups is 4. The Kier molecular flexibility index (Phi) is 9.72. The zero-order valence-corrected chi connectivity index (χ0v) is 22.6. The number of benzene rings is 4. The summed E-state index contributed by atoms with van der Waals surface area (Å²) in [6.45, 7) is -0.0700. The molecular formula is C33H26F3NO6. The van der Waals surface area contributed by atoms with Crippen LogP contribution in [0.2, 0.25) is 0 Å². The van der Waals surface area contributed by atoms with E-state index in [-0.39, 0.29) is 36.3 Å². The lowest BCUT2D eigenvalue weighted by atomic mass is 9.85. The summed E-state index contributed by atoms with van der Waals surface area (Å²) in [4.78, 5) is 50.0. The van der Waals surface area contributed by atoms with Crippen molar-refractivity contribution in [3.63, 3.8) is 0 Å². The van der Waals surface area contributed by atoms with Gasteiger partial charge in [-0.05, 0) is 41.0 Å². The summed E-state index contributed by atoms with van der Waals surface area (Å²) in [6.07, 6.45) is -5.40. The van der Waals surface area contributed by atoms with E-state index in [4.69, 9.17) is 5.11 Å². The fourth-order valence-corrected chi connectivity index (χ4v) is 4.42. The topological polar surface area (TPSA) is 110 Å². The first-order valence-corrected chi connectivity index (χ1v) is 13.2. The van der Waals surface area contributed by atoms with Crippen LogP contribution >= 0.6 is 0 Å². The minimum atomic E-state index is -4.89. The Morgan fingerprint density at radius 3 is 1.86 bits per heavy atom. The van der Waals surface area contributed by atoms with Gasteiger partial charge in [0.2, 0.25) is 0 Å². The van der Waals surface area contributed by atoms with Gasteiger partial charge in [-0.1, -0.05) is 78.9 Å². The van der Waals surface area contributed by atoms with Gasteiger partial charge in [-0.3, -0.25) is 19.2 Å². The molecule has 7 nitrogen and oxygen atoms in total. The number of alkyl halides is 3. The van der Waals surface area contributed by atoms with Crippen LogP contribution in [0.3, 0.4) is 0 Å². The summed E-state index contributed by atoms with van der Waals surface area (Å²) >= 11 is 0. The largest absolute Gasteiger partial charge is 0.573 e. The molecule has 1 unspecified atom stereocenters. The molecule has 0 heterocycles. The van der Waals surface area contributed by atoms with Crippen LogP contribution < -0.4 is 10.1 Å². The highest BCUT2D eigenvalue weighted by molar-refractivity contribution is 6.06. The molecule has 0 aromatic heterocycles. The molecule has 0 spiro atoms. The lowest BCUT2D eigenvalue weighted by molar-refractivity contribution is -0.274. The van der Waals surface area contributed by atoms with Gasteiger partial charge in [-0.2, -0.15) is 0 Å². The maximum atomic E-state index is 13.7. The van der Waals surface area contributed by atoms with E-state index in [0.717, 1.165) is 23.3 Å². The minimum Gasteiger partial charge on any atom is -0.481 e. The number of carboxylic acid groups (broad SMARTS) is 1. The number of nitrogens with one attached hydrogen (secondary N) is 1. The van der Waals surface area contributed by atoms with E-state index in [2.05, 4.69) is 10.1 Å². The molecule has 1 atom stereocenters. The van der Waals surface area contributed by atoms with Crippen molar-refractivity contribution in [1.82, 2.24) is 5.32 Å². The van der Waals surface area contributed by atoms with E-state index in [0.29, 0.717) is 11.1 Å². The van der Waals surface area contributed by atoms with E-state index in [1.807, 2.05) is 30.3 Å². The molecule has 4 aromatic carbocycles. The minimum absolute atomic E-state index is 0.0700. The zero-order chi connectivity index (χ0) is 31.0. The van der Waals surface area contributed by atoms with Gasteiger partial charge in [0.25, 0.3) is 5.91 Å². The van der Waals surface area contributed by atoms with Gasteiger partial charge in [-0.15, -0.1) is 13.2 Å². The fourth-order valence-electron chi connectivity index (χ4n) is 4.42. The lowest BCUT2D eigenvalue weighted by Gasteiger charge is -2.17. The molecular weight excluding hydrogens is 563 g/mol. The van der Waals surface area contributed by atoms with Crippen LogP contribution in [0.5, 0.6) is 5.75 Å². The number of hydrogen-bond donors (Lipinski definition) is 2. The van der Waals surface area contributed by atoms with Crippen LogP contribution in [0.1, 0.15) is 55.4 Å². The number of rotatable bonds is 12. The van der Waals surface area contributed by atoms with Gasteiger partial charge in [0.05, 0.1) is 12.3 Å². The zero-order valence-electron chi connectivity index (χ0n) is 22.6. The highest BCUT2D eigenvalue weighted by Crippen LogP contribution is 2.30. The van der Waals surface area contributed by atoms with Crippen molar-refractivity contribution in [1.29, 1.82) is 0 Å². The SMILES string of the molecule is O=C(O)CCNC(=O)c1ccc(C(=O)C(CC(=O)c2ccc(-c3ccccc3)cc2)c2ccc(OC(F)(F)F)cc2)cc1. The van der Waals surface area contributed by atoms with Gasteiger partial charge in [0, 0.05) is 29.7 Å². The van der Waals surface area contributed by atoms with E-state index < -0.39 is 35.7 Å². The fraction of sp³-hybridized carbons (Fsp3) is 0.152. The Bertz CT molecular complexity index is 1580. The van der Waals surface area contributed by atoms with E-state index in [9.17, 15) is 32.3 Å². The molecule has 0 radical (unpaired) electrons. The monoisotopic (exact) mass is 589 g/mol. The van der Waals surface area contributed by atoms with Crippen molar-refractivity contribution in [3.8, 4) is 16.9 Å². The molecule has 0 aliphatic carbocycles. The highest BCUT2D eigenvalue weighted by atomic mass is 19.4. The predicted molar refractivity (Wildman–Crippen MR) is 152 cm³/mol. The normalized spacial score (nSPS) is 11.8.